The smallest absolute Gasteiger partial charge is 0.0209 e. The van der Waals surface area contributed by atoms with Crippen molar-refractivity contribution in [1.82, 2.24) is 10.2 Å². The van der Waals surface area contributed by atoms with Crippen molar-refractivity contribution >= 4 is 0 Å². The topological polar surface area (TPSA) is 15.3 Å². The monoisotopic (exact) mass is 224 g/mol. The van der Waals surface area contributed by atoms with Crippen LogP contribution in [-0.2, 0) is 0 Å². The molecule has 0 aromatic carbocycles. The lowest BCUT2D eigenvalue weighted by Gasteiger charge is -2.16. The summed E-state index contributed by atoms with van der Waals surface area (Å²) in [6.07, 6.45) is 8.43. The second kappa shape index (κ2) is 6.02. The van der Waals surface area contributed by atoms with Gasteiger partial charge in [-0.05, 0) is 44.7 Å². The molecule has 0 amide bonds. The second-order valence-corrected chi connectivity index (χ2v) is 6.12. The van der Waals surface area contributed by atoms with Crippen LogP contribution in [0.25, 0.3) is 0 Å². The fourth-order valence-electron chi connectivity index (χ4n) is 2.64. The molecule has 0 bridgehead atoms. The minimum atomic E-state index is 0.803. The van der Waals surface area contributed by atoms with Gasteiger partial charge in [0.2, 0.25) is 0 Å². The van der Waals surface area contributed by atoms with Gasteiger partial charge in [0, 0.05) is 18.6 Å². The van der Waals surface area contributed by atoms with Crippen molar-refractivity contribution in [2.45, 2.75) is 64.5 Å². The predicted octanol–water partition coefficient (Wildman–Crippen LogP) is 2.64. The molecule has 1 aliphatic carbocycles. The van der Waals surface area contributed by atoms with E-state index in [0.29, 0.717) is 0 Å². The molecule has 0 spiro atoms. The molecular formula is C14H28N2. The molecule has 1 heterocycles. The lowest BCUT2D eigenvalue weighted by atomic mass is 10.1. The highest BCUT2D eigenvalue weighted by Gasteiger charge is 2.28. The Kier molecular flexibility index (Phi) is 4.66. The average Bonchev–Trinajstić information content (AvgIpc) is 2.92. The molecule has 1 atom stereocenters. The van der Waals surface area contributed by atoms with Gasteiger partial charge in [-0.1, -0.05) is 26.7 Å². The Morgan fingerprint density at radius 1 is 1.12 bits per heavy atom. The van der Waals surface area contributed by atoms with Crippen LogP contribution in [0.4, 0.5) is 0 Å². The molecule has 94 valence electrons. The molecule has 2 aliphatic rings. The number of hydrogen-bond acceptors (Lipinski definition) is 2. The normalized spacial score (nSPS) is 26.8. The van der Waals surface area contributed by atoms with Crippen LogP contribution in [-0.4, -0.2) is 36.6 Å². The van der Waals surface area contributed by atoms with Crippen LogP contribution in [0.15, 0.2) is 0 Å². The Hall–Kier alpha value is -0.0800. The fourth-order valence-corrected chi connectivity index (χ4v) is 2.64. The Labute approximate surface area is 101 Å². The maximum absolute atomic E-state index is 3.75. The van der Waals surface area contributed by atoms with E-state index >= 15 is 0 Å². The fraction of sp³-hybridized carbons (Fsp3) is 1.00. The first-order chi connectivity index (χ1) is 7.74. The zero-order valence-corrected chi connectivity index (χ0v) is 11.0. The molecule has 2 heteroatoms. The summed E-state index contributed by atoms with van der Waals surface area (Å²) in [4.78, 5) is 2.65. The molecule has 0 aromatic rings. The van der Waals surface area contributed by atoms with Gasteiger partial charge in [0.25, 0.3) is 0 Å². The summed E-state index contributed by atoms with van der Waals surface area (Å²) in [5, 5.41) is 3.75. The molecule has 2 rings (SSSR count). The van der Waals surface area contributed by atoms with Gasteiger partial charge in [-0.15, -0.1) is 0 Å². The van der Waals surface area contributed by atoms with Crippen LogP contribution < -0.4 is 5.32 Å². The molecule has 1 unspecified atom stereocenters. The van der Waals surface area contributed by atoms with E-state index < -0.39 is 0 Å². The third-order valence-corrected chi connectivity index (χ3v) is 3.83. The van der Waals surface area contributed by atoms with Crippen LogP contribution in [0.2, 0.25) is 0 Å². The predicted molar refractivity (Wildman–Crippen MR) is 69.7 cm³/mol. The van der Waals surface area contributed by atoms with Gasteiger partial charge in [0.15, 0.2) is 0 Å². The van der Waals surface area contributed by atoms with Crippen molar-refractivity contribution in [3.8, 4) is 0 Å². The van der Waals surface area contributed by atoms with E-state index in [1.165, 1.54) is 58.2 Å². The Morgan fingerprint density at radius 3 is 2.62 bits per heavy atom. The molecule has 16 heavy (non-hydrogen) atoms. The quantitative estimate of drug-likeness (QED) is 0.669. The largest absolute Gasteiger partial charge is 0.310 e. The van der Waals surface area contributed by atoms with Crippen molar-refractivity contribution in [3.63, 3.8) is 0 Å². The number of rotatable bonds is 7. The summed E-state index contributed by atoms with van der Waals surface area (Å²) in [5.74, 6) is 0.878. The number of likely N-dealkylation sites (tertiary alicyclic amines) is 1. The Morgan fingerprint density at radius 2 is 1.94 bits per heavy atom. The highest BCUT2D eigenvalue weighted by molar-refractivity contribution is 4.89. The lowest BCUT2D eigenvalue weighted by molar-refractivity contribution is 0.314. The first kappa shape index (κ1) is 12.4. The van der Waals surface area contributed by atoms with Crippen LogP contribution in [0, 0.1) is 5.92 Å². The van der Waals surface area contributed by atoms with Crippen molar-refractivity contribution in [2.75, 3.05) is 19.6 Å². The maximum Gasteiger partial charge on any atom is 0.0209 e. The van der Waals surface area contributed by atoms with E-state index in [0.717, 1.165) is 18.0 Å². The summed E-state index contributed by atoms with van der Waals surface area (Å²) >= 11 is 0. The van der Waals surface area contributed by atoms with Crippen LogP contribution in [0.3, 0.4) is 0 Å². The highest BCUT2D eigenvalue weighted by Crippen LogP contribution is 2.22. The van der Waals surface area contributed by atoms with Gasteiger partial charge in [-0.3, -0.25) is 0 Å². The molecule has 0 aromatic heterocycles. The number of nitrogens with zero attached hydrogens (tertiary/aromatic N) is 1. The van der Waals surface area contributed by atoms with E-state index in [1.54, 1.807) is 0 Å². The maximum atomic E-state index is 3.75. The first-order valence-corrected chi connectivity index (χ1v) is 7.22. The highest BCUT2D eigenvalue weighted by atomic mass is 15.2. The summed E-state index contributed by atoms with van der Waals surface area (Å²) in [6.45, 7) is 8.61. The molecular weight excluding hydrogens is 196 g/mol. The van der Waals surface area contributed by atoms with Crippen molar-refractivity contribution in [1.29, 1.82) is 0 Å². The van der Waals surface area contributed by atoms with Gasteiger partial charge < -0.3 is 10.2 Å². The van der Waals surface area contributed by atoms with Gasteiger partial charge in [0.1, 0.15) is 0 Å². The Bertz CT molecular complexity index is 199. The van der Waals surface area contributed by atoms with Gasteiger partial charge in [-0.2, -0.15) is 0 Å². The van der Waals surface area contributed by atoms with Crippen LogP contribution >= 0.6 is 0 Å². The van der Waals surface area contributed by atoms with Crippen molar-refractivity contribution in [3.05, 3.63) is 0 Å². The van der Waals surface area contributed by atoms with Gasteiger partial charge in [0.05, 0.1) is 0 Å². The standard InChI is InChI=1S/C14H28N2/c1-12(2)5-3-4-9-16-10-8-14(11-16)15-13-6-7-13/h12-15H,3-11H2,1-2H3. The summed E-state index contributed by atoms with van der Waals surface area (Å²) in [5.41, 5.74) is 0. The van der Waals surface area contributed by atoms with E-state index in [4.69, 9.17) is 0 Å². The van der Waals surface area contributed by atoms with Gasteiger partial charge >= 0.3 is 0 Å². The summed E-state index contributed by atoms with van der Waals surface area (Å²) < 4.78 is 0. The molecule has 2 fully saturated rings. The van der Waals surface area contributed by atoms with Gasteiger partial charge in [-0.25, -0.2) is 0 Å². The van der Waals surface area contributed by atoms with Crippen molar-refractivity contribution in [2.24, 2.45) is 5.92 Å². The minimum Gasteiger partial charge on any atom is -0.310 e. The lowest BCUT2D eigenvalue weighted by Crippen LogP contribution is -2.34. The van der Waals surface area contributed by atoms with Crippen molar-refractivity contribution < 1.29 is 0 Å². The number of nitrogens with one attached hydrogen (secondary N) is 1. The molecule has 1 saturated heterocycles. The zero-order valence-electron chi connectivity index (χ0n) is 11.0. The second-order valence-electron chi connectivity index (χ2n) is 6.12. The first-order valence-electron chi connectivity index (χ1n) is 7.22. The van der Waals surface area contributed by atoms with E-state index in [9.17, 15) is 0 Å². The SMILES string of the molecule is CC(C)CCCCN1CCC(NC2CC2)C1. The molecule has 0 radical (unpaired) electrons. The molecule has 1 N–H and O–H groups in total. The average molecular weight is 224 g/mol. The molecule has 2 nitrogen and oxygen atoms in total. The van der Waals surface area contributed by atoms with E-state index in [-0.39, 0.29) is 0 Å². The molecule has 1 aliphatic heterocycles. The third-order valence-electron chi connectivity index (χ3n) is 3.83. The number of unbranched alkanes of at least 4 members (excludes halogenated alkanes) is 1. The zero-order chi connectivity index (χ0) is 11.4. The minimum absolute atomic E-state index is 0.803. The molecule has 1 saturated carbocycles. The van der Waals surface area contributed by atoms with E-state index in [1.807, 2.05) is 0 Å². The number of hydrogen-bond donors (Lipinski definition) is 1. The summed E-state index contributed by atoms with van der Waals surface area (Å²) in [6, 6.07) is 1.68. The van der Waals surface area contributed by atoms with Crippen LogP contribution in [0.5, 0.6) is 0 Å². The summed E-state index contributed by atoms with van der Waals surface area (Å²) in [7, 11) is 0. The van der Waals surface area contributed by atoms with E-state index in [2.05, 4.69) is 24.1 Å². The third kappa shape index (κ3) is 4.42. The Balaban J connectivity index is 1.50. The van der Waals surface area contributed by atoms with Crippen LogP contribution in [0.1, 0.15) is 52.4 Å².